The number of nitrogens with one attached hydrogen (secondary N) is 1. The molecule has 0 saturated heterocycles. The summed E-state index contributed by atoms with van der Waals surface area (Å²) in [5, 5.41) is 8.87. The van der Waals surface area contributed by atoms with Crippen molar-refractivity contribution in [2.24, 2.45) is 0 Å². The van der Waals surface area contributed by atoms with Gasteiger partial charge in [-0.05, 0) is 35.4 Å². The van der Waals surface area contributed by atoms with Crippen molar-refractivity contribution < 1.29 is 0 Å². The van der Waals surface area contributed by atoms with E-state index in [4.69, 9.17) is 0 Å². The van der Waals surface area contributed by atoms with Crippen LogP contribution in [0.15, 0.2) is 35.0 Å². The maximum absolute atomic E-state index is 3.39. The summed E-state index contributed by atoms with van der Waals surface area (Å²) in [4.78, 5) is 1.45. The fourth-order valence-electron chi connectivity index (χ4n) is 1.14. The van der Waals surface area contributed by atoms with Gasteiger partial charge in [-0.25, -0.2) is 0 Å². The average molecular weight is 209 g/mol. The second-order valence-corrected chi connectivity index (χ2v) is 4.71. The minimum absolute atomic E-state index is 1.03. The Morgan fingerprint density at radius 3 is 2.62 bits per heavy atom. The molecule has 0 unspecified atom stereocenters. The van der Waals surface area contributed by atoms with Crippen LogP contribution in [0.25, 0.3) is 0 Å². The van der Waals surface area contributed by atoms with Gasteiger partial charge in [-0.1, -0.05) is 6.07 Å². The Balaban J connectivity index is 1.76. The predicted molar refractivity (Wildman–Crippen MR) is 60.8 cm³/mol. The zero-order chi connectivity index (χ0) is 8.93. The number of hydrogen-bond donors (Lipinski definition) is 1. The van der Waals surface area contributed by atoms with Gasteiger partial charge in [-0.15, -0.1) is 22.7 Å². The average Bonchev–Trinajstić information content (AvgIpc) is 2.75. The predicted octanol–water partition coefficient (Wildman–Crippen LogP) is 3.46. The van der Waals surface area contributed by atoms with E-state index in [2.05, 4.69) is 40.3 Å². The molecule has 0 aliphatic rings. The highest BCUT2D eigenvalue weighted by atomic mass is 32.1. The molecule has 1 nitrogen and oxygen atoms in total. The molecule has 0 amide bonds. The maximum Gasteiger partial charge on any atom is 0.0882 e. The Hall–Kier alpha value is -0.800. The highest BCUT2D eigenvalue weighted by Crippen LogP contribution is 2.15. The third-order valence-corrected chi connectivity index (χ3v) is 3.54. The molecule has 0 spiro atoms. The molecule has 3 heteroatoms. The minimum Gasteiger partial charge on any atom is -0.377 e. The lowest BCUT2D eigenvalue weighted by molar-refractivity contribution is 1.05. The second kappa shape index (κ2) is 4.44. The standard InChI is InChI=1S/C10H11NS2/c1-3-9(12-7-1)5-6-11-10-4-2-8-13-10/h1-4,7-8,11H,5-6H2. The smallest absolute Gasteiger partial charge is 0.0882 e. The van der Waals surface area contributed by atoms with Crippen LogP contribution in [0.4, 0.5) is 5.00 Å². The van der Waals surface area contributed by atoms with E-state index in [-0.39, 0.29) is 0 Å². The van der Waals surface area contributed by atoms with Crippen LogP contribution in [-0.2, 0) is 6.42 Å². The lowest BCUT2D eigenvalue weighted by atomic mass is 10.3. The Bertz CT molecular complexity index is 289. The molecule has 1 N–H and O–H groups in total. The van der Waals surface area contributed by atoms with Gasteiger partial charge in [0.15, 0.2) is 0 Å². The van der Waals surface area contributed by atoms with Crippen molar-refractivity contribution in [3.05, 3.63) is 39.9 Å². The van der Waals surface area contributed by atoms with Crippen LogP contribution >= 0.6 is 22.7 Å². The normalized spacial score (nSPS) is 10.2. The van der Waals surface area contributed by atoms with Gasteiger partial charge in [0.1, 0.15) is 0 Å². The lowest BCUT2D eigenvalue weighted by Gasteiger charge is -2.00. The molecule has 68 valence electrons. The topological polar surface area (TPSA) is 12.0 Å². The first-order chi connectivity index (χ1) is 6.45. The number of hydrogen-bond acceptors (Lipinski definition) is 3. The number of rotatable bonds is 4. The Morgan fingerprint density at radius 1 is 1.08 bits per heavy atom. The van der Waals surface area contributed by atoms with Crippen molar-refractivity contribution >= 4 is 27.7 Å². The number of anilines is 1. The van der Waals surface area contributed by atoms with Gasteiger partial charge in [0.2, 0.25) is 0 Å². The SMILES string of the molecule is c1csc(CCNc2cccs2)c1. The molecule has 0 aromatic carbocycles. The molecule has 2 heterocycles. The van der Waals surface area contributed by atoms with Crippen molar-refractivity contribution in [1.29, 1.82) is 0 Å². The van der Waals surface area contributed by atoms with Crippen LogP contribution in [0, 0.1) is 0 Å². The molecule has 2 aromatic rings. The largest absolute Gasteiger partial charge is 0.377 e. The summed E-state index contributed by atoms with van der Waals surface area (Å²) < 4.78 is 0. The van der Waals surface area contributed by atoms with E-state index in [0.717, 1.165) is 13.0 Å². The molecule has 0 radical (unpaired) electrons. The molecule has 0 saturated carbocycles. The summed E-state index contributed by atoms with van der Waals surface area (Å²) in [6.45, 7) is 1.03. The van der Waals surface area contributed by atoms with Gasteiger partial charge in [-0.2, -0.15) is 0 Å². The first-order valence-electron chi connectivity index (χ1n) is 4.25. The molecular weight excluding hydrogens is 198 g/mol. The molecule has 2 aromatic heterocycles. The summed E-state index contributed by atoms with van der Waals surface area (Å²) in [6.07, 6.45) is 1.12. The quantitative estimate of drug-likeness (QED) is 0.813. The van der Waals surface area contributed by atoms with Crippen LogP contribution in [0.1, 0.15) is 4.88 Å². The van der Waals surface area contributed by atoms with E-state index in [0.29, 0.717) is 0 Å². The molecule has 0 aliphatic heterocycles. The molecule has 13 heavy (non-hydrogen) atoms. The molecule has 2 rings (SSSR count). The summed E-state index contributed by atoms with van der Waals surface area (Å²) in [7, 11) is 0. The van der Waals surface area contributed by atoms with E-state index in [1.165, 1.54) is 9.88 Å². The van der Waals surface area contributed by atoms with E-state index >= 15 is 0 Å². The Labute approximate surface area is 86.0 Å². The molecule has 0 bridgehead atoms. The monoisotopic (exact) mass is 209 g/mol. The molecule has 0 aliphatic carbocycles. The maximum atomic E-state index is 3.39. The van der Waals surface area contributed by atoms with Crippen molar-refractivity contribution in [1.82, 2.24) is 0 Å². The highest BCUT2D eigenvalue weighted by Gasteiger charge is 1.94. The molecule has 0 fully saturated rings. The van der Waals surface area contributed by atoms with Crippen LogP contribution in [0.3, 0.4) is 0 Å². The van der Waals surface area contributed by atoms with Gasteiger partial charge in [0.25, 0.3) is 0 Å². The van der Waals surface area contributed by atoms with Gasteiger partial charge >= 0.3 is 0 Å². The van der Waals surface area contributed by atoms with Crippen molar-refractivity contribution in [3.63, 3.8) is 0 Å². The van der Waals surface area contributed by atoms with Crippen LogP contribution in [0.2, 0.25) is 0 Å². The van der Waals surface area contributed by atoms with E-state index in [1.54, 1.807) is 11.3 Å². The summed E-state index contributed by atoms with van der Waals surface area (Å²) >= 11 is 3.58. The van der Waals surface area contributed by atoms with Crippen LogP contribution in [0.5, 0.6) is 0 Å². The summed E-state index contributed by atoms with van der Waals surface area (Å²) in [5.74, 6) is 0. The number of thiophene rings is 2. The minimum atomic E-state index is 1.03. The first-order valence-corrected chi connectivity index (χ1v) is 6.01. The van der Waals surface area contributed by atoms with Crippen molar-refractivity contribution in [3.8, 4) is 0 Å². The molecule has 0 atom stereocenters. The zero-order valence-electron chi connectivity index (χ0n) is 7.19. The van der Waals surface area contributed by atoms with Crippen LogP contribution < -0.4 is 5.32 Å². The van der Waals surface area contributed by atoms with Crippen molar-refractivity contribution in [2.75, 3.05) is 11.9 Å². The third kappa shape index (κ3) is 2.57. The van der Waals surface area contributed by atoms with Gasteiger partial charge in [-0.3, -0.25) is 0 Å². The first kappa shape index (κ1) is 8.78. The van der Waals surface area contributed by atoms with E-state index in [9.17, 15) is 0 Å². The van der Waals surface area contributed by atoms with Crippen LogP contribution in [-0.4, -0.2) is 6.54 Å². The van der Waals surface area contributed by atoms with Gasteiger partial charge in [0.05, 0.1) is 5.00 Å². The van der Waals surface area contributed by atoms with E-state index in [1.807, 2.05) is 11.3 Å². The Morgan fingerprint density at radius 2 is 1.92 bits per heavy atom. The van der Waals surface area contributed by atoms with Gasteiger partial charge in [0, 0.05) is 11.4 Å². The Kier molecular flexibility index (Phi) is 3.00. The summed E-state index contributed by atoms with van der Waals surface area (Å²) in [5.41, 5.74) is 0. The fraction of sp³-hybridized carbons (Fsp3) is 0.200. The third-order valence-electron chi connectivity index (χ3n) is 1.77. The fourth-order valence-corrected chi connectivity index (χ4v) is 2.50. The van der Waals surface area contributed by atoms with E-state index < -0.39 is 0 Å². The van der Waals surface area contributed by atoms with Crippen molar-refractivity contribution in [2.45, 2.75) is 6.42 Å². The molecular formula is C10H11NS2. The lowest BCUT2D eigenvalue weighted by Crippen LogP contribution is -2.01. The van der Waals surface area contributed by atoms with Gasteiger partial charge < -0.3 is 5.32 Å². The highest BCUT2D eigenvalue weighted by molar-refractivity contribution is 7.14. The second-order valence-electron chi connectivity index (χ2n) is 2.73. The zero-order valence-corrected chi connectivity index (χ0v) is 8.83. The summed E-state index contributed by atoms with van der Waals surface area (Å²) in [6, 6.07) is 8.46.